The first-order chi connectivity index (χ1) is 15.5. The zero-order valence-corrected chi connectivity index (χ0v) is 19.9. The van der Waals surface area contributed by atoms with Crippen LogP contribution in [0.1, 0.15) is 37.8 Å². The molecule has 0 radical (unpaired) electrons. The number of carbonyl (C=O) groups is 1. The van der Waals surface area contributed by atoms with Gasteiger partial charge in [0.05, 0.1) is 0 Å². The number of likely N-dealkylation sites (tertiary alicyclic amines) is 1. The van der Waals surface area contributed by atoms with Gasteiger partial charge in [-0.15, -0.1) is 0 Å². The van der Waals surface area contributed by atoms with Crippen LogP contribution < -0.4 is 9.64 Å². The fraction of sp³-hybridized carbons (Fsp3) is 0.360. The molecule has 0 bridgehead atoms. The molecule has 168 valence electrons. The van der Waals surface area contributed by atoms with Gasteiger partial charge in [0.2, 0.25) is 0 Å². The molecule has 1 amide bonds. The van der Waals surface area contributed by atoms with Gasteiger partial charge >= 0.3 is 0 Å². The second kappa shape index (κ2) is 11.3. The number of nitrogens with zero attached hydrogens (tertiary/aromatic N) is 3. The van der Waals surface area contributed by atoms with Crippen LogP contribution in [0.2, 0.25) is 10.0 Å². The second-order valence-corrected chi connectivity index (χ2v) is 8.43. The molecule has 2 aromatic carbocycles. The summed E-state index contributed by atoms with van der Waals surface area (Å²) in [6.07, 6.45) is 3.56. The molecule has 32 heavy (non-hydrogen) atoms. The van der Waals surface area contributed by atoms with Crippen LogP contribution in [0.25, 0.3) is 6.08 Å². The van der Waals surface area contributed by atoms with Gasteiger partial charge in [-0.2, -0.15) is 5.26 Å². The van der Waals surface area contributed by atoms with Crippen molar-refractivity contribution in [3.05, 3.63) is 63.1 Å². The summed E-state index contributed by atoms with van der Waals surface area (Å²) in [6, 6.07) is 13.2. The van der Waals surface area contributed by atoms with Crippen LogP contribution in [0.3, 0.4) is 0 Å². The maximum absolute atomic E-state index is 12.8. The predicted molar refractivity (Wildman–Crippen MR) is 130 cm³/mol. The minimum absolute atomic E-state index is 0.108. The summed E-state index contributed by atoms with van der Waals surface area (Å²) in [7, 11) is 0. The number of benzene rings is 2. The quantitative estimate of drug-likeness (QED) is 0.352. The number of anilines is 1. The fourth-order valence-electron chi connectivity index (χ4n) is 3.73. The lowest BCUT2D eigenvalue weighted by Crippen LogP contribution is -2.28. The van der Waals surface area contributed by atoms with Gasteiger partial charge in [-0.1, -0.05) is 29.3 Å². The molecule has 1 saturated heterocycles. The Balaban J connectivity index is 1.94. The van der Waals surface area contributed by atoms with Gasteiger partial charge in [-0.3, -0.25) is 4.79 Å². The molecule has 1 aliphatic heterocycles. The number of nitriles is 1. The molecule has 0 aromatic heterocycles. The zero-order chi connectivity index (χ0) is 23.1. The van der Waals surface area contributed by atoms with Gasteiger partial charge in [0, 0.05) is 59.1 Å². The zero-order valence-electron chi connectivity index (χ0n) is 18.4. The maximum Gasteiger partial charge on any atom is 0.264 e. The lowest BCUT2D eigenvalue weighted by atomic mass is 10.1. The summed E-state index contributed by atoms with van der Waals surface area (Å²) in [5, 5.41) is 10.7. The van der Waals surface area contributed by atoms with Gasteiger partial charge < -0.3 is 14.5 Å². The third-order valence-corrected chi connectivity index (χ3v) is 6.15. The monoisotopic (exact) mass is 471 g/mol. The first-order valence-corrected chi connectivity index (χ1v) is 11.6. The van der Waals surface area contributed by atoms with Crippen molar-refractivity contribution in [2.24, 2.45) is 0 Å². The Labute approximate surface area is 199 Å². The van der Waals surface area contributed by atoms with E-state index in [0.717, 1.165) is 37.2 Å². The molecular weight excluding hydrogens is 445 g/mol. The van der Waals surface area contributed by atoms with Gasteiger partial charge in [0.1, 0.15) is 24.0 Å². The second-order valence-electron chi connectivity index (χ2n) is 7.59. The van der Waals surface area contributed by atoms with E-state index in [9.17, 15) is 10.1 Å². The molecule has 0 unspecified atom stereocenters. The number of hydrogen-bond donors (Lipinski definition) is 0. The molecule has 3 rings (SSSR count). The highest BCUT2D eigenvalue weighted by molar-refractivity contribution is 6.35. The van der Waals surface area contributed by atoms with Crippen LogP contribution in [0.15, 0.2) is 42.0 Å². The first kappa shape index (κ1) is 24.0. The Hall–Kier alpha value is -2.68. The van der Waals surface area contributed by atoms with Crippen LogP contribution >= 0.6 is 23.2 Å². The predicted octanol–water partition coefficient (Wildman–Crippen LogP) is 5.95. The van der Waals surface area contributed by atoms with Crippen LogP contribution in [-0.2, 0) is 11.4 Å². The van der Waals surface area contributed by atoms with E-state index in [0.29, 0.717) is 34.4 Å². The highest BCUT2D eigenvalue weighted by Crippen LogP contribution is 2.30. The molecular formula is C25H27Cl2N3O2. The van der Waals surface area contributed by atoms with Gasteiger partial charge in [-0.25, -0.2) is 0 Å². The minimum Gasteiger partial charge on any atom is -0.488 e. The smallest absolute Gasteiger partial charge is 0.264 e. The van der Waals surface area contributed by atoms with Crippen molar-refractivity contribution in [3.8, 4) is 11.8 Å². The third kappa shape index (κ3) is 5.76. The highest BCUT2D eigenvalue weighted by atomic mass is 35.5. The van der Waals surface area contributed by atoms with E-state index >= 15 is 0 Å². The van der Waals surface area contributed by atoms with Crippen molar-refractivity contribution in [3.63, 3.8) is 0 Å². The number of rotatable bonds is 8. The number of ether oxygens (including phenoxy) is 1. The Morgan fingerprint density at radius 1 is 1.16 bits per heavy atom. The van der Waals surface area contributed by atoms with E-state index in [4.69, 9.17) is 27.9 Å². The molecule has 7 heteroatoms. The number of hydrogen-bond acceptors (Lipinski definition) is 4. The molecule has 0 spiro atoms. The number of amides is 1. The SMILES string of the molecule is CCN(CC)c1ccc(/C=C(\C#N)C(=O)N2CCCC2)c(OCc2ccc(Cl)cc2Cl)c1. The molecule has 1 aliphatic rings. The molecule has 0 N–H and O–H groups in total. The average Bonchev–Trinajstić information content (AvgIpc) is 3.33. The van der Waals surface area contributed by atoms with Gasteiger partial charge in [0.25, 0.3) is 5.91 Å². The summed E-state index contributed by atoms with van der Waals surface area (Å²) in [6.45, 7) is 7.51. The Morgan fingerprint density at radius 3 is 2.50 bits per heavy atom. The van der Waals surface area contributed by atoms with Crippen molar-refractivity contribution in [1.82, 2.24) is 4.90 Å². The molecule has 1 heterocycles. The topological polar surface area (TPSA) is 56.6 Å². The number of halogens is 2. The maximum atomic E-state index is 12.8. The minimum atomic E-state index is -0.232. The molecule has 1 fully saturated rings. The molecule has 0 atom stereocenters. The summed E-state index contributed by atoms with van der Waals surface area (Å²) in [4.78, 5) is 16.7. The standard InChI is InChI=1S/C25H27Cl2N3O2/c1-3-29(4-2)22-10-8-18(13-20(16-28)25(31)30-11-5-6-12-30)24(15-22)32-17-19-7-9-21(26)14-23(19)27/h7-10,13-15H,3-6,11-12,17H2,1-2H3/b20-13+. The summed E-state index contributed by atoms with van der Waals surface area (Å²) >= 11 is 12.3. The lowest BCUT2D eigenvalue weighted by molar-refractivity contribution is -0.125. The average molecular weight is 472 g/mol. The van der Waals surface area contributed by atoms with Crippen molar-refractivity contribution in [1.29, 1.82) is 5.26 Å². The van der Waals surface area contributed by atoms with Crippen LogP contribution in [-0.4, -0.2) is 37.0 Å². The molecule has 5 nitrogen and oxygen atoms in total. The van der Waals surface area contributed by atoms with Crippen molar-refractivity contribution in [2.75, 3.05) is 31.1 Å². The first-order valence-electron chi connectivity index (χ1n) is 10.8. The lowest BCUT2D eigenvalue weighted by Gasteiger charge is -2.22. The summed E-state index contributed by atoms with van der Waals surface area (Å²) in [5.41, 5.74) is 2.59. The van der Waals surface area contributed by atoms with Gasteiger partial charge in [0.15, 0.2) is 0 Å². The van der Waals surface area contributed by atoms with E-state index in [1.807, 2.05) is 24.3 Å². The van der Waals surface area contributed by atoms with Crippen molar-refractivity contribution in [2.45, 2.75) is 33.3 Å². The summed E-state index contributed by atoms with van der Waals surface area (Å²) < 4.78 is 6.14. The molecule has 0 aliphatic carbocycles. The van der Waals surface area contributed by atoms with Crippen LogP contribution in [0.5, 0.6) is 5.75 Å². The molecule has 2 aromatic rings. The third-order valence-electron chi connectivity index (χ3n) is 5.57. The van der Waals surface area contributed by atoms with E-state index in [2.05, 4.69) is 24.8 Å². The normalized spacial score (nSPS) is 13.7. The van der Waals surface area contributed by atoms with Crippen molar-refractivity contribution >= 4 is 40.9 Å². The van der Waals surface area contributed by atoms with Crippen molar-refractivity contribution < 1.29 is 9.53 Å². The van der Waals surface area contributed by atoms with E-state index in [1.54, 1.807) is 23.1 Å². The molecule has 0 saturated carbocycles. The largest absolute Gasteiger partial charge is 0.488 e. The fourth-order valence-corrected chi connectivity index (χ4v) is 4.20. The van der Waals surface area contributed by atoms with Crippen LogP contribution in [0.4, 0.5) is 5.69 Å². The Bertz CT molecular complexity index is 1040. The number of carbonyl (C=O) groups excluding carboxylic acids is 1. The van der Waals surface area contributed by atoms with Gasteiger partial charge in [-0.05, 0) is 57.0 Å². The van der Waals surface area contributed by atoms with Crippen LogP contribution in [0, 0.1) is 11.3 Å². The van der Waals surface area contributed by atoms with E-state index < -0.39 is 0 Å². The van der Waals surface area contributed by atoms with E-state index in [1.165, 1.54) is 0 Å². The highest BCUT2D eigenvalue weighted by Gasteiger charge is 2.22. The summed E-state index contributed by atoms with van der Waals surface area (Å²) in [5.74, 6) is 0.354. The van der Waals surface area contributed by atoms with E-state index in [-0.39, 0.29) is 18.1 Å². The Morgan fingerprint density at radius 2 is 1.88 bits per heavy atom. The Kier molecular flexibility index (Phi) is 8.44.